The van der Waals surface area contributed by atoms with Crippen molar-refractivity contribution in [2.75, 3.05) is 6.54 Å². The number of fused-ring (bicyclic) bond motifs is 1. The fourth-order valence-corrected chi connectivity index (χ4v) is 3.92. The minimum Gasteiger partial charge on any atom is -0.368 e. The molecule has 0 fully saturated rings. The van der Waals surface area contributed by atoms with Crippen LogP contribution in [0.15, 0.2) is 36.4 Å². The van der Waals surface area contributed by atoms with Crippen molar-refractivity contribution in [2.24, 2.45) is 0 Å². The van der Waals surface area contributed by atoms with Gasteiger partial charge in [-0.15, -0.1) is 0 Å². The van der Waals surface area contributed by atoms with E-state index in [9.17, 15) is 97.8 Å². The zero-order valence-electron chi connectivity index (χ0n) is 23.1. The molecule has 1 N–H and O–H groups in total. The van der Waals surface area contributed by atoms with Crippen molar-refractivity contribution in [1.82, 2.24) is 10.4 Å². The quantitative estimate of drug-likeness (QED) is 0.178. The molecule has 1 aliphatic heterocycles. The van der Waals surface area contributed by atoms with Gasteiger partial charge >= 0.3 is 47.6 Å². The van der Waals surface area contributed by atoms with E-state index in [1.165, 1.54) is 5.32 Å². The first kappa shape index (κ1) is 40.0. The summed E-state index contributed by atoms with van der Waals surface area (Å²) >= 11 is 0. The highest BCUT2D eigenvalue weighted by atomic mass is 19.4. The summed E-state index contributed by atoms with van der Waals surface area (Å²) in [5, 5.41) is 1.22. The Morgan fingerprint density at radius 2 is 1.04 bits per heavy atom. The number of hydroxylamine groups is 2. The number of hydrogen-bond donors (Lipinski definition) is 1. The normalized spacial score (nSPS) is 15.4. The summed E-state index contributed by atoms with van der Waals surface area (Å²) in [5.41, 5.74) is -2.12. The maximum atomic E-state index is 14.1. The first-order chi connectivity index (χ1) is 22.3. The highest BCUT2D eigenvalue weighted by molar-refractivity contribution is 6.21. The molecule has 2 aromatic rings. The average Bonchev–Trinajstić information content (AvgIpc) is 3.19. The number of amides is 3. The fraction of sp³-hybridized carbons (Fsp3) is 0.400. The third-order valence-corrected chi connectivity index (χ3v) is 6.66. The van der Waals surface area contributed by atoms with Crippen LogP contribution in [-0.2, 0) is 0 Å². The topological polar surface area (TPSA) is 75.7 Å². The Balaban J connectivity index is 1.78. The van der Waals surface area contributed by atoms with Crippen molar-refractivity contribution in [2.45, 2.75) is 54.1 Å². The Kier molecular flexibility index (Phi) is 9.66. The van der Waals surface area contributed by atoms with Crippen LogP contribution < -0.4 is 10.2 Å². The average molecular weight is 764 g/mol. The molecular formula is C25H11F19N2O4. The van der Waals surface area contributed by atoms with Gasteiger partial charge in [0.05, 0.1) is 11.1 Å². The molecule has 0 saturated carbocycles. The highest BCUT2D eigenvalue weighted by Gasteiger charge is 2.95. The minimum atomic E-state index is -8.78. The van der Waals surface area contributed by atoms with Crippen molar-refractivity contribution in [1.29, 1.82) is 0 Å². The van der Waals surface area contributed by atoms with Crippen LogP contribution in [0.1, 0.15) is 37.5 Å². The molecule has 0 aliphatic carbocycles. The molecule has 0 bridgehead atoms. The summed E-state index contributed by atoms with van der Waals surface area (Å²) in [6, 6.07) is 3.24. The van der Waals surface area contributed by atoms with Gasteiger partial charge in [-0.1, -0.05) is 5.06 Å². The Morgan fingerprint density at radius 1 is 0.600 bits per heavy atom. The SMILES string of the molecule is O=C(NCCC(F)(F)C(F)(F)C(F)(F)C(F)(F)C(F)(F)C(F)(F)C(F)(F)C(F)(F)F)c1ccc2c(c1)C(=O)N(Oc1cc(F)cc(F)c1)C2=O. The zero-order valence-corrected chi connectivity index (χ0v) is 23.1. The molecule has 25 heteroatoms. The predicted molar refractivity (Wildman–Crippen MR) is 122 cm³/mol. The number of rotatable bonds is 12. The monoisotopic (exact) mass is 764 g/mol. The van der Waals surface area contributed by atoms with Gasteiger partial charge in [0.1, 0.15) is 11.6 Å². The number of nitrogens with zero attached hydrogens (tertiary/aromatic N) is 1. The van der Waals surface area contributed by atoms with Crippen molar-refractivity contribution < 1.29 is 103 Å². The lowest BCUT2D eigenvalue weighted by Gasteiger charge is -2.42. The Bertz CT molecular complexity index is 1670. The third-order valence-electron chi connectivity index (χ3n) is 6.66. The number of hydrogen-bond acceptors (Lipinski definition) is 4. The maximum Gasteiger partial charge on any atom is 0.460 e. The van der Waals surface area contributed by atoms with Gasteiger partial charge in [0, 0.05) is 36.7 Å². The lowest BCUT2D eigenvalue weighted by atomic mass is 9.88. The molecule has 2 aromatic carbocycles. The molecule has 3 amide bonds. The van der Waals surface area contributed by atoms with Gasteiger partial charge in [-0.05, 0) is 18.2 Å². The second-order valence-corrected chi connectivity index (χ2v) is 10.0. The molecule has 278 valence electrons. The van der Waals surface area contributed by atoms with E-state index in [2.05, 4.69) is 0 Å². The van der Waals surface area contributed by atoms with E-state index in [0.717, 1.165) is 0 Å². The molecule has 0 radical (unpaired) electrons. The number of carbonyl (C=O) groups excluding carboxylic acids is 3. The number of nitrogens with one attached hydrogen (secondary N) is 1. The molecule has 0 unspecified atom stereocenters. The van der Waals surface area contributed by atoms with Gasteiger partial charge in [-0.25, -0.2) is 8.78 Å². The second-order valence-electron chi connectivity index (χ2n) is 10.0. The van der Waals surface area contributed by atoms with E-state index in [-0.39, 0.29) is 5.06 Å². The van der Waals surface area contributed by atoms with Crippen molar-refractivity contribution in [3.63, 3.8) is 0 Å². The molecule has 0 atom stereocenters. The van der Waals surface area contributed by atoms with Gasteiger partial charge < -0.3 is 10.2 Å². The number of halogens is 19. The molecule has 0 saturated heterocycles. The second kappa shape index (κ2) is 12.1. The van der Waals surface area contributed by atoms with Gasteiger partial charge in [-0.2, -0.15) is 74.6 Å². The van der Waals surface area contributed by atoms with Crippen LogP contribution in [0.3, 0.4) is 0 Å². The molecule has 3 rings (SSSR count). The zero-order chi connectivity index (χ0) is 38.8. The third kappa shape index (κ3) is 6.00. The van der Waals surface area contributed by atoms with Gasteiger partial charge in [0.15, 0.2) is 5.75 Å². The number of alkyl halides is 17. The molecule has 0 spiro atoms. The summed E-state index contributed by atoms with van der Waals surface area (Å²) in [4.78, 5) is 42.1. The Hall–Kier alpha value is -4.48. The van der Waals surface area contributed by atoms with Crippen molar-refractivity contribution in [3.05, 3.63) is 64.7 Å². The van der Waals surface area contributed by atoms with Crippen LogP contribution in [0.5, 0.6) is 5.75 Å². The van der Waals surface area contributed by atoms with E-state index in [1.807, 2.05) is 0 Å². The molecule has 50 heavy (non-hydrogen) atoms. The molecule has 6 nitrogen and oxygen atoms in total. The lowest BCUT2D eigenvalue weighted by Crippen LogP contribution is -2.74. The first-order valence-corrected chi connectivity index (χ1v) is 12.5. The van der Waals surface area contributed by atoms with E-state index in [1.54, 1.807) is 0 Å². The van der Waals surface area contributed by atoms with Gasteiger partial charge in [-0.3, -0.25) is 14.4 Å². The van der Waals surface area contributed by atoms with Crippen LogP contribution in [0.4, 0.5) is 83.4 Å². The summed E-state index contributed by atoms with van der Waals surface area (Å²) < 4.78 is 255. The van der Waals surface area contributed by atoms with Gasteiger partial charge in [0.25, 0.3) is 17.7 Å². The van der Waals surface area contributed by atoms with E-state index < -0.39 is 112 Å². The number of carbonyl (C=O) groups is 3. The van der Waals surface area contributed by atoms with Crippen LogP contribution in [0.2, 0.25) is 0 Å². The predicted octanol–water partition coefficient (Wildman–Crippen LogP) is 7.68. The summed E-state index contributed by atoms with van der Waals surface area (Å²) in [6.07, 6.45) is -10.8. The molecular weight excluding hydrogens is 753 g/mol. The van der Waals surface area contributed by atoms with Gasteiger partial charge in [0.2, 0.25) is 0 Å². The van der Waals surface area contributed by atoms with Crippen LogP contribution >= 0.6 is 0 Å². The van der Waals surface area contributed by atoms with Crippen LogP contribution in [0.25, 0.3) is 0 Å². The molecule has 1 heterocycles. The molecule has 0 aromatic heterocycles. The molecule has 1 aliphatic rings. The van der Waals surface area contributed by atoms with Crippen LogP contribution in [-0.4, -0.2) is 77.0 Å². The summed E-state index contributed by atoms with van der Waals surface area (Å²) in [6.45, 7) is -2.01. The van der Waals surface area contributed by atoms with E-state index >= 15 is 0 Å². The first-order valence-electron chi connectivity index (χ1n) is 12.5. The lowest BCUT2D eigenvalue weighted by molar-refractivity contribution is -0.461. The van der Waals surface area contributed by atoms with E-state index in [0.29, 0.717) is 36.4 Å². The van der Waals surface area contributed by atoms with E-state index in [4.69, 9.17) is 4.84 Å². The summed E-state index contributed by atoms with van der Waals surface area (Å²) in [7, 11) is 0. The summed E-state index contributed by atoms with van der Waals surface area (Å²) in [5.74, 6) is -65.2. The Labute approximate surface area is 262 Å². The van der Waals surface area contributed by atoms with Crippen molar-refractivity contribution >= 4 is 17.7 Å². The fourth-order valence-electron chi connectivity index (χ4n) is 3.92. The number of imide groups is 1. The van der Waals surface area contributed by atoms with Crippen LogP contribution in [0, 0.1) is 11.6 Å². The standard InChI is InChI=1S/C25H11F19N2O4/c26-10-6-11(27)8-12(7-10)50-46-16(48)13-2-1-9(5-14(13)17(46)49)15(47)45-4-3-18(28,29)19(30,31)20(32,33)21(34,35)22(36,37)23(38,39)24(40,41)25(42,43)44/h1-2,5-8H,3-4H2,(H,45,47). The van der Waals surface area contributed by atoms with Crippen molar-refractivity contribution in [3.8, 4) is 5.75 Å². The Morgan fingerprint density at radius 3 is 1.52 bits per heavy atom. The minimum absolute atomic E-state index is 0.0667. The largest absolute Gasteiger partial charge is 0.460 e. The number of benzene rings is 2. The maximum absolute atomic E-state index is 14.1. The smallest absolute Gasteiger partial charge is 0.368 e. The highest BCUT2D eigenvalue weighted by Crippen LogP contribution is 2.64.